The number of carbonyl (C=O) groups excluding carboxylic acids is 6. The summed E-state index contributed by atoms with van der Waals surface area (Å²) in [6.45, 7) is 1.06. The minimum atomic E-state index is -1.39. The lowest BCUT2D eigenvalue weighted by Gasteiger charge is -2.14. The number of hydrogen-bond acceptors (Lipinski definition) is 10. The zero-order valence-electron chi connectivity index (χ0n) is 12.2. The van der Waals surface area contributed by atoms with Gasteiger partial charge in [0.05, 0.1) is 12.8 Å². The fraction of sp³-hybridized carbons (Fsp3) is 0.417. The first-order chi connectivity index (χ1) is 11.2. The molecule has 12 heteroatoms. The first-order valence-corrected chi connectivity index (χ1v) is 6.52. The molecule has 12 nitrogen and oxygen atoms in total. The summed E-state index contributed by atoms with van der Waals surface area (Å²) in [5, 5.41) is 3.84. The molecule has 2 heterocycles. The number of rotatable bonds is 4. The topological polar surface area (TPSA) is 163 Å². The molecule has 2 atom stereocenters. The number of carbonyl (C=O) groups is 6. The van der Waals surface area contributed by atoms with E-state index in [1.54, 1.807) is 0 Å². The Kier molecular flexibility index (Phi) is 4.96. The van der Waals surface area contributed by atoms with Crippen LogP contribution in [0.1, 0.15) is 19.8 Å². The highest BCUT2D eigenvalue weighted by atomic mass is 16.8. The Morgan fingerprint density at radius 3 is 1.50 bits per heavy atom. The molecule has 2 rings (SSSR count). The van der Waals surface area contributed by atoms with Crippen molar-refractivity contribution in [2.75, 3.05) is 0 Å². The van der Waals surface area contributed by atoms with Crippen LogP contribution in [0.15, 0.2) is 0 Å². The molecule has 2 saturated heterocycles. The molecule has 2 fully saturated rings. The van der Waals surface area contributed by atoms with Crippen molar-refractivity contribution in [3.63, 3.8) is 0 Å². The number of nitrogens with one attached hydrogen (secondary N) is 2. The second kappa shape index (κ2) is 6.93. The van der Waals surface area contributed by atoms with E-state index < -0.39 is 54.4 Å². The number of imide groups is 2. The van der Waals surface area contributed by atoms with Crippen LogP contribution in [0.25, 0.3) is 0 Å². The van der Waals surface area contributed by atoms with Gasteiger partial charge >= 0.3 is 18.6 Å². The molecule has 0 bridgehead atoms. The monoisotopic (exact) mass is 343 g/mol. The first kappa shape index (κ1) is 17.2. The molecule has 0 aromatic carbocycles. The fourth-order valence-electron chi connectivity index (χ4n) is 1.79. The van der Waals surface area contributed by atoms with E-state index in [1.807, 2.05) is 10.6 Å². The van der Waals surface area contributed by atoms with Gasteiger partial charge in [0, 0.05) is 6.92 Å². The number of ether oxygens (including phenoxy) is 4. The van der Waals surface area contributed by atoms with Gasteiger partial charge < -0.3 is 18.9 Å². The summed E-state index contributed by atoms with van der Waals surface area (Å²) in [5.74, 6) is -2.82. The molecule has 2 aliphatic heterocycles. The highest BCUT2D eigenvalue weighted by Gasteiger charge is 2.36. The van der Waals surface area contributed by atoms with Crippen LogP contribution in [0.5, 0.6) is 0 Å². The summed E-state index contributed by atoms with van der Waals surface area (Å²) in [4.78, 5) is 67.0. The third kappa shape index (κ3) is 4.41. The molecule has 1 radical (unpaired) electrons. The molecular formula is C12H11N2O10. The average Bonchev–Trinajstić information content (AvgIpc) is 2.90. The van der Waals surface area contributed by atoms with E-state index in [1.165, 1.54) is 0 Å². The maximum atomic E-state index is 11.4. The van der Waals surface area contributed by atoms with Gasteiger partial charge in [0.25, 0.3) is 11.8 Å². The van der Waals surface area contributed by atoms with Gasteiger partial charge in [-0.2, -0.15) is 0 Å². The molecule has 2 unspecified atom stereocenters. The lowest BCUT2D eigenvalue weighted by Crippen LogP contribution is -2.30. The van der Waals surface area contributed by atoms with Crippen LogP contribution in [0, 0.1) is 6.29 Å². The van der Waals surface area contributed by atoms with Crippen molar-refractivity contribution in [1.29, 1.82) is 0 Å². The Morgan fingerprint density at radius 2 is 1.21 bits per heavy atom. The van der Waals surface area contributed by atoms with Gasteiger partial charge in [-0.05, 0) is 0 Å². The van der Waals surface area contributed by atoms with E-state index in [2.05, 4.69) is 18.9 Å². The van der Waals surface area contributed by atoms with E-state index in [4.69, 9.17) is 0 Å². The molecule has 0 spiro atoms. The third-order valence-corrected chi connectivity index (χ3v) is 2.78. The van der Waals surface area contributed by atoms with Crippen LogP contribution < -0.4 is 10.6 Å². The van der Waals surface area contributed by atoms with Crippen LogP contribution >= 0.6 is 0 Å². The normalized spacial score (nSPS) is 22.9. The molecule has 2 aliphatic rings. The van der Waals surface area contributed by atoms with E-state index >= 15 is 0 Å². The van der Waals surface area contributed by atoms with Crippen molar-refractivity contribution in [3.05, 3.63) is 6.29 Å². The highest BCUT2D eigenvalue weighted by Crippen LogP contribution is 2.14. The van der Waals surface area contributed by atoms with Gasteiger partial charge in [-0.25, -0.2) is 9.59 Å². The van der Waals surface area contributed by atoms with Crippen molar-refractivity contribution < 1.29 is 47.7 Å². The summed E-state index contributed by atoms with van der Waals surface area (Å²) < 4.78 is 18.0. The third-order valence-electron chi connectivity index (χ3n) is 2.78. The van der Waals surface area contributed by atoms with E-state index in [0.29, 0.717) is 0 Å². The quantitative estimate of drug-likeness (QED) is 0.460. The van der Waals surface area contributed by atoms with E-state index in [0.717, 1.165) is 6.92 Å². The van der Waals surface area contributed by atoms with Gasteiger partial charge in [-0.1, -0.05) is 0 Å². The van der Waals surface area contributed by atoms with Crippen LogP contribution in [0.4, 0.5) is 9.59 Å². The predicted octanol–water partition coefficient (Wildman–Crippen LogP) is -1.37. The molecule has 129 valence electrons. The zero-order chi connectivity index (χ0) is 17.9. The highest BCUT2D eigenvalue weighted by molar-refractivity contribution is 6.06. The number of hydrogen-bond donors (Lipinski definition) is 2. The van der Waals surface area contributed by atoms with Gasteiger partial charge in [-0.3, -0.25) is 29.8 Å². The Bertz CT molecular complexity index is 563. The van der Waals surface area contributed by atoms with Crippen LogP contribution in [0.3, 0.4) is 0 Å². The molecule has 0 aromatic heterocycles. The zero-order valence-corrected chi connectivity index (χ0v) is 12.2. The Balaban J connectivity index is 1.73. The van der Waals surface area contributed by atoms with Gasteiger partial charge in [0.1, 0.15) is 0 Å². The minimum absolute atomic E-state index is 0.347. The van der Waals surface area contributed by atoms with Crippen LogP contribution in [-0.4, -0.2) is 48.1 Å². The van der Waals surface area contributed by atoms with Crippen molar-refractivity contribution in [2.45, 2.75) is 32.0 Å². The van der Waals surface area contributed by atoms with Crippen molar-refractivity contribution in [3.8, 4) is 0 Å². The summed E-state index contributed by atoms with van der Waals surface area (Å²) in [6.07, 6.45) is -6.75. The summed E-state index contributed by atoms with van der Waals surface area (Å²) >= 11 is 0. The van der Waals surface area contributed by atoms with Crippen molar-refractivity contribution in [1.82, 2.24) is 10.6 Å². The average molecular weight is 343 g/mol. The number of amides is 4. The molecule has 4 amide bonds. The van der Waals surface area contributed by atoms with Gasteiger partial charge in [0.2, 0.25) is 11.8 Å². The van der Waals surface area contributed by atoms with Crippen molar-refractivity contribution in [2.24, 2.45) is 0 Å². The standard InChI is InChI=1S/C12H11N2O10/c1-4(21-11(19)23-5-2-7(15)13-9(5)17)22-12(20)24-6-3-8(16)14-10(6)18/h5-6H,2-3H2,1H3,(H,13,15,17)(H,14,16,18). The minimum Gasteiger partial charge on any atom is -0.420 e. The molecule has 0 aromatic rings. The summed E-state index contributed by atoms with van der Waals surface area (Å²) in [5.41, 5.74) is 0. The molecular weight excluding hydrogens is 332 g/mol. The fourth-order valence-corrected chi connectivity index (χ4v) is 1.79. The van der Waals surface area contributed by atoms with E-state index in [-0.39, 0.29) is 12.8 Å². The first-order valence-electron chi connectivity index (χ1n) is 6.52. The SMILES string of the molecule is C[C](OC(=O)OC1CC(=O)NC1=O)OC(=O)OC1CC(=O)NC1=O. The second-order valence-electron chi connectivity index (χ2n) is 4.64. The van der Waals surface area contributed by atoms with Gasteiger partial charge in [-0.15, -0.1) is 0 Å². The predicted molar refractivity (Wildman–Crippen MR) is 67.2 cm³/mol. The van der Waals surface area contributed by atoms with Crippen molar-refractivity contribution >= 4 is 35.9 Å². The molecule has 0 aliphatic carbocycles. The largest absolute Gasteiger partial charge is 0.512 e. The summed E-state index contributed by atoms with van der Waals surface area (Å²) in [6, 6.07) is 0. The van der Waals surface area contributed by atoms with Gasteiger partial charge in [0.15, 0.2) is 12.2 Å². The lowest BCUT2D eigenvalue weighted by atomic mass is 10.3. The lowest BCUT2D eigenvalue weighted by molar-refractivity contribution is -0.129. The Hall–Kier alpha value is -3.18. The maximum Gasteiger partial charge on any atom is 0.512 e. The second-order valence-corrected chi connectivity index (χ2v) is 4.64. The summed E-state index contributed by atoms with van der Waals surface area (Å²) in [7, 11) is 0. The Labute approximate surface area is 133 Å². The molecule has 2 N–H and O–H groups in total. The Morgan fingerprint density at radius 1 is 0.833 bits per heavy atom. The van der Waals surface area contributed by atoms with Crippen LogP contribution in [-0.2, 0) is 38.1 Å². The van der Waals surface area contributed by atoms with Crippen LogP contribution in [0.2, 0.25) is 0 Å². The molecule has 24 heavy (non-hydrogen) atoms. The smallest absolute Gasteiger partial charge is 0.420 e. The maximum absolute atomic E-state index is 11.4. The molecule has 0 saturated carbocycles. The van der Waals surface area contributed by atoms with E-state index in [9.17, 15) is 28.8 Å².